The number of rotatable bonds is 5. The van der Waals surface area contributed by atoms with Crippen LogP contribution in [0, 0.1) is 10.1 Å². The van der Waals surface area contributed by atoms with Crippen LogP contribution in [0.4, 0.5) is 5.69 Å². The molecule has 1 aliphatic heterocycles. The van der Waals surface area contributed by atoms with E-state index in [0.29, 0.717) is 4.88 Å². The average Bonchev–Trinajstić information content (AvgIpc) is 3.23. The Kier molecular flexibility index (Phi) is 6.35. The zero-order valence-electron chi connectivity index (χ0n) is 17.7. The molecule has 1 amide bonds. The molecule has 1 aromatic carbocycles. The minimum atomic E-state index is -3.95. The van der Waals surface area contributed by atoms with Gasteiger partial charge in [-0.25, -0.2) is 13.4 Å². The van der Waals surface area contributed by atoms with E-state index in [0.717, 1.165) is 11.1 Å². The Morgan fingerprint density at radius 3 is 2.39 bits per heavy atom. The lowest BCUT2D eigenvalue weighted by Crippen LogP contribution is -2.50. The van der Waals surface area contributed by atoms with Gasteiger partial charge in [-0.3, -0.25) is 14.9 Å². The second-order valence-electron chi connectivity index (χ2n) is 8.07. The summed E-state index contributed by atoms with van der Waals surface area (Å²) in [7, 11) is -2.67. The van der Waals surface area contributed by atoms with Crippen molar-refractivity contribution in [2.75, 3.05) is 33.3 Å². The number of sulfonamides is 1. The van der Waals surface area contributed by atoms with Gasteiger partial charge in [0, 0.05) is 37.7 Å². The zero-order chi connectivity index (χ0) is 23.0. The quantitative estimate of drug-likeness (QED) is 0.488. The number of benzene rings is 1. The summed E-state index contributed by atoms with van der Waals surface area (Å²) in [5.41, 5.74) is -0.575. The fraction of sp³-hybridized carbons (Fsp3) is 0.474. The fourth-order valence-corrected chi connectivity index (χ4v) is 5.51. The number of amides is 1. The molecule has 1 saturated heterocycles. The molecule has 0 N–H and O–H groups in total. The minimum absolute atomic E-state index is 0.0152. The number of nitro groups is 1. The molecule has 0 saturated carbocycles. The van der Waals surface area contributed by atoms with Crippen LogP contribution in [0.1, 0.15) is 35.5 Å². The second kappa shape index (κ2) is 8.52. The summed E-state index contributed by atoms with van der Waals surface area (Å²) in [5, 5.41) is 12.1. The summed E-state index contributed by atoms with van der Waals surface area (Å²) in [5.74, 6) is -0.191. The molecule has 10 nitrogen and oxygen atoms in total. The molecule has 1 aromatic heterocycles. The first kappa shape index (κ1) is 23.1. The summed E-state index contributed by atoms with van der Waals surface area (Å²) in [6.07, 6.45) is 1.56. The van der Waals surface area contributed by atoms with Gasteiger partial charge in [0.05, 0.1) is 28.1 Å². The summed E-state index contributed by atoms with van der Waals surface area (Å²) in [4.78, 5) is 29.6. The molecule has 168 valence electrons. The number of aromatic nitrogens is 1. The van der Waals surface area contributed by atoms with E-state index in [1.54, 1.807) is 11.1 Å². The van der Waals surface area contributed by atoms with Crippen LogP contribution in [0.15, 0.2) is 29.3 Å². The number of piperazine rings is 1. The lowest BCUT2D eigenvalue weighted by Gasteiger charge is -2.33. The highest BCUT2D eigenvalue weighted by Crippen LogP contribution is 2.31. The molecular formula is C19H24N4O6S2. The van der Waals surface area contributed by atoms with Gasteiger partial charge in [0.2, 0.25) is 10.0 Å². The first-order chi connectivity index (χ1) is 14.4. The highest BCUT2D eigenvalue weighted by molar-refractivity contribution is 7.89. The summed E-state index contributed by atoms with van der Waals surface area (Å²) in [6, 6.07) is 3.54. The second-order valence-corrected chi connectivity index (χ2v) is 11.0. The maximum absolute atomic E-state index is 13.0. The average molecular weight is 469 g/mol. The highest BCUT2D eigenvalue weighted by Gasteiger charge is 2.33. The Morgan fingerprint density at radius 1 is 1.23 bits per heavy atom. The number of nitrogens with zero attached hydrogens (tertiary/aromatic N) is 4. The first-order valence-corrected chi connectivity index (χ1v) is 11.8. The van der Waals surface area contributed by atoms with Crippen LogP contribution in [0.5, 0.6) is 5.75 Å². The number of methoxy groups -OCH3 is 1. The third kappa shape index (κ3) is 4.70. The smallest absolute Gasteiger partial charge is 0.312 e. The van der Waals surface area contributed by atoms with Crippen LogP contribution in [0.3, 0.4) is 0 Å². The summed E-state index contributed by atoms with van der Waals surface area (Å²) >= 11 is 1.34. The Hall–Kier alpha value is -2.57. The van der Waals surface area contributed by atoms with E-state index in [2.05, 4.69) is 4.98 Å². The molecule has 1 fully saturated rings. The molecule has 2 aromatic rings. The molecule has 31 heavy (non-hydrogen) atoms. The maximum Gasteiger partial charge on any atom is 0.312 e. The molecule has 0 radical (unpaired) electrons. The zero-order valence-corrected chi connectivity index (χ0v) is 19.3. The standard InChI is InChI=1S/C19H24N4O6S2/c1-19(2,3)18-20-12-16(30-18)17(24)21-7-9-22(10-8-21)31(27,28)13-5-6-15(29-4)14(11-13)23(25)26/h5-6,11-12H,7-10H2,1-4H3. The van der Waals surface area contributed by atoms with Gasteiger partial charge in [0.1, 0.15) is 4.88 Å². The number of ether oxygens (including phenoxy) is 1. The third-order valence-corrected chi connectivity index (χ3v) is 8.17. The van der Waals surface area contributed by atoms with Gasteiger partial charge in [-0.05, 0) is 12.1 Å². The Bertz CT molecular complexity index is 1100. The van der Waals surface area contributed by atoms with E-state index in [4.69, 9.17) is 4.74 Å². The molecular weight excluding hydrogens is 444 g/mol. The van der Waals surface area contributed by atoms with Crippen molar-refractivity contribution in [1.29, 1.82) is 0 Å². The van der Waals surface area contributed by atoms with Crippen molar-refractivity contribution in [3.63, 3.8) is 0 Å². The monoisotopic (exact) mass is 468 g/mol. The molecule has 3 rings (SSSR count). The van der Waals surface area contributed by atoms with Gasteiger partial charge in [0.25, 0.3) is 5.91 Å². The van der Waals surface area contributed by atoms with Crippen molar-refractivity contribution >= 4 is 33.0 Å². The van der Waals surface area contributed by atoms with E-state index >= 15 is 0 Å². The van der Waals surface area contributed by atoms with Gasteiger partial charge in [-0.1, -0.05) is 20.8 Å². The van der Waals surface area contributed by atoms with Gasteiger partial charge >= 0.3 is 5.69 Å². The van der Waals surface area contributed by atoms with Crippen molar-refractivity contribution in [2.24, 2.45) is 0 Å². The van der Waals surface area contributed by atoms with Crippen molar-refractivity contribution < 1.29 is 22.9 Å². The molecule has 0 aliphatic carbocycles. The normalized spacial score (nSPS) is 15.7. The number of hydrogen-bond donors (Lipinski definition) is 0. The minimum Gasteiger partial charge on any atom is -0.490 e. The van der Waals surface area contributed by atoms with Gasteiger partial charge in [-0.2, -0.15) is 4.31 Å². The van der Waals surface area contributed by atoms with Crippen LogP contribution >= 0.6 is 11.3 Å². The molecule has 0 unspecified atom stereocenters. The lowest BCUT2D eigenvalue weighted by atomic mass is 9.98. The van der Waals surface area contributed by atoms with Crippen molar-refractivity contribution in [3.8, 4) is 5.75 Å². The molecule has 1 aliphatic rings. The number of carbonyl (C=O) groups excluding carboxylic acids is 1. The molecule has 12 heteroatoms. The van der Waals surface area contributed by atoms with E-state index in [-0.39, 0.29) is 48.1 Å². The molecule has 0 spiro atoms. The van der Waals surface area contributed by atoms with Gasteiger partial charge in [-0.15, -0.1) is 11.3 Å². The Balaban J connectivity index is 1.73. The van der Waals surface area contributed by atoms with E-state index in [1.807, 2.05) is 20.8 Å². The predicted octanol–water partition coefficient (Wildman–Crippen LogP) is 2.50. The highest BCUT2D eigenvalue weighted by atomic mass is 32.2. The van der Waals surface area contributed by atoms with Crippen molar-refractivity contribution in [1.82, 2.24) is 14.2 Å². The van der Waals surface area contributed by atoms with Crippen molar-refractivity contribution in [3.05, 3.63) is 44.4 Å². The van der Waals surface area contributed by atoms with E-state index in [9.17, 15) is 23.3 Å². The maximum atomic E-state index is 13.0. The van der Waals surface area contributed by atoms with E-state index in [1.165, 1.54) is 34.9 Å². The summed E-state index contributed by atoms with van der Waals surface area (Å²) in [6.45, 7) is 6.70. The number of carbonyl (C=O) groups is 1. The first-order valence-electron chi connectivity index (χ1n) is 9.53. The third-order valence-electron chi connectivity index (χ3n) is 4.87. The summed E-state index contributed by atoms with van der Waals surface area (Å²) < 4.78 is 32.1. The lowest BCUT2D eigenvalue weighted by molar-refractivity contribution is -0.386. The number of nitro benzene ring substituents is 1. The van der Waals surface area contributed by atoms with Crippen LogP contribution in [-0.2, 0) is 15.4 Å². The predicted molar refractivity (Wildman–Crippen MR) is 115 cm³/mol. The largest absolute Gasteiger partial charge is 0.490 e. The van der Waals surface area contributed by atoms with Gasteiger partial charge < -0.3 is 9.64 Å². The number of thiazole rings is 1. The topological polar surface area (TPSA) is 123 Å². The fourth-order valence-electron chi connectivity index (χ4n) is 3.13. The van der Waals surface area contributed by atoms with Crippen LogP contribution in [0.2, 0.25) is 0 Å². The van der Waals surface area contributed by atoms with Crippen molar-refractivity contribution in [2.45, 2.75) is 31.1 Å². The Labute approximate surface area is 184 Å². The number of hydrogen-bond acceptors (Lipinski definition) is 8. The molecule has 2 heterocycles. The van der Waals surface area contributed by atoms with Crippen LogP contribution in [-0.4, -0.2) is 66.7 Å². The van der Waals surface area contributed by atoms with Crippen LogP contribution in [0.25, 0.3) is 0 Å². The van der Waals surface area contributed by atoms with Gasteiger partial charge in [0.15, 0.2) is 5.75 Å². The van der Waals surface area contributed by atoms with Crippen LogP contribution < -0.4 is 4.74 Å². The SMILES string of the molecule is COc1ccc(S(=O)(=O)N2CCN(C(=O)c3cnc(C(C)(C)C)s3)CC2)cc1[N+](=O)[O-]. The van der Waals surface area contributed by atoms with E-state index < -0.39 is 20.6 Å². The Morgan fingerprint density at radius 2 is 1.87 bits per heavy atom. The molecule has 0 bridgehead atoms. The molecule has 0 atom stereocenters.